The van der Waals surface area contributed by atoms with E-state index in [1.807, 2.05) is 0 Å². The highest BCUT2D eigenvalue weighted by Crippen LogP contribution is 2.28. The largest absolute Gasteiger partial charge is 0.489 e. The number of alkyl carbamates (subject to hydrolysis) is 1. The van der Waals surface area contributed by atoms with Crippen molar-refractivity contribution in [3.05, 3.63) is 24.0 Å². The Bertz CT molecular complexity index is 899. The monoisotopic (exact) mass is 445 g/mol. The van der Waals surface area contributed by atoms with Crippen molar-refractivity contribution >= 4 is 12.1 Å². The standard InChI is InChI=1S/C22H31N5O5/c1-3-4-5-11-31-22(30)24-14-19-20(25-26-27(19)2)18-10-9-17(13-23-18)32-16-8-6-7-15(12-16)21(28)29/h9-10,13,15-16H,3-8,11-12,14H2,1-2H3,(H,24,30)(H,28,29)/t15-,16-/m0/s1. The number of nitrogens with one attached hydrogen (secondary N) is 1. The fourth-order valence-corrected chi connectivity index (χ4v) is 3.76. The molecule has 174 valence electrons. The van der Waals surface area contributed by atoms with E-state index in [2.05, 4.69) is 27.5 Å². The van der Waals surface area contributed by atoms with Crippen molar-refractivity contribution in [3.8, 4) is 17.1 Å². The van der Waals surface area contributed by atoms with Crippen LogP contribution in [-0.4, -0.2) is 49.9 Å². The summed E-state index contributed by atoms with van der Waals surface area (Å²) in [6, 6.07) is 3.57. The third-order valence-corrected chi connectivity index (χ3v) is 5.58. The SMILES string of the molecule is CCCCCOC(=O)NCc1c(-c2ccc(O[C@H]3CCC[C@H](C(=O)O)C3)cn2)nnn1C. The molecule has 1 fully saturated rings. The van der Waals surface area contributed by atoms with Crippen molar-refractivity contribution < 1.29 is 24.2 Å². The Morgan fingerprint density at radius 2 is 2.12 bits per heavy atom. The Balaban J connectivity index is 1.58. The minimum Gasteiger partial charge on any atom is -0.489 e. The van der Waals surface area contributed by atoms with Crippen LogP contribution in [0.3, 0.4) is 0 Å². The van der Waals surface area contributed by atoms with Crippen LogP contribution in [0, 0.1) is 5.92 Å². The molecule has 1 aliphatic carbocycles. The van der Waals surface area contributed by atoms with Gasteiger partial charge in [0.05, 0.1) is 42.8 Å². The van der Waals surface area contributed by atoms with Gasteiger partial charge in [0.25, 0.3) is 0 Å². The van der Waals surface area contributed by atoms with Gasteiger partial charge in [0.1, 0.15) is 11.4 Å². The smallest absolute Gasteiger partial charge is 0.407 e. The molecular weight excluding hydrogens is 414 g/mol. The number of aliphatic carboxylic acids is 1. The first-order valence-corrected chi connectivity index (χ1v) is 11.1. The van der Waals surface area contributed by atoms with Crippen LogP contribution < -0.4 is 10.1 Å². The Kier molecular flexibility index (Phi) is 8.41. The predicted molar refractivity (Wildman–Crippen MR) is 116 cm³/mol. The molecule has 0 spiro atoms. The number of amides is 1. The maximum Gasteiger partial charge on any atom is 0.407 e. The molecule has 10 heteroatoms. The highest BCUT2D eigenvalue weighted by molar-refractivity contribution is 5.70. The molecule has 3 rings (SSSR count). The molecule has 2 heterocycles. The van der Waals surface area contributed by atoms with Crippen LogP contribution in [0.5, 0.6) is 5.75 Å². The summed E-state index contributed by atoms with van der Waals surface area (Å²) >= 11 is 0. The van der Waals surface area contributed by atoms with Crippen LogP contribution >= 0.6 is 0 Å². The maximum absolute atomic E-state index is 11.9. The lowest BCUT2D eigenvalue weighted by Gasteiger charge is -2.27. The highest BCUT2D eigenvalue weighted by Gasteiger charge is 2.28. The molecule has 0 aliphatic heterocycles. The Morgan fingerprint density at radius 3 is 2.84 bits per heavy atom. The summed E-state index contributed by atoms with van der Waals surface area (Å²) in [4.78, 5) is 27.6. The van der Waals surface area contributed by atoms with E-state index in [-0.39, 0.29) is 18.6 Å². The van der Waals surface area contributed by atoms with Crippen LogP contribution in [0.15, 0.2) is 18.3 Å². The Labute approximate surface area is 187 Å². The van der Waals surface area contributed by atoms with E-state index in [4.69, 9.17) is 9.47 Å². The molecule has 0 bridgehead atoms. The first-order valence-electron chi connectivity index (χ1n) is 11.1. The van der Waals surface area contributed by atoms with Gasteiger partial charge in [-0.05, 0) is 44.2 Å². The van der Waals surface area contributed by atoms with Gasteiger partial charge >= 0.3 is 12.1 Å². The average molecular weight is 446 g/mol. The van der Waals surface area contributed by atoms with Crippen molar-refractivity contribution in [2.24, 2.45) is 13.0 Å². The molecule has 2 N–H and O–H groups in total. The number of aryl methyl sites for hydroxylation is 1. The first kappa shape index (κ1) is 23.5. The molecule has 1 aliphatic rings. The van der Waals surface area contributed by atoms with E-state index in [9.17, 15) is 14.7 Å². The summed E-state index contributed by atoms with van der Waals surface area (Å²) in [7, 11) is 1.75. The number of carboxylic acids is 1. The van der Waals surface area contributed by atoms with Crippen molar-refractivity contribution in [1.29, 1.82) is 0 Å². The minimum atomic E-state index is -0.764. The number of carboxylic acid groups (broad SMARTS) is 1. The zero-order valence-electron chi connectivity index (χ0n) is 18.6. The summed E-state index contributed by atoms with van der Waals surface area (Å²) in [5.41, 5.74) is 1.87. The van der Waals surface area contributed by atoms with Crippen LogP contribution in [0.2, 0.25) is 0 Å². The first-order chi connectivity index (χ1) is 15.5. The second-order valence-electron chi connectivity index (χ2n) is 8.03. The van der Waals surface area contributed by atoms with Gasteiger partial charge in [-0.25, -0.2) is 9.48 Å². The van der Waals surface area contributed by atoms with Crippen LogP contribution in [-0.2, 0) is 23.1 Å². The van der Waals surface area contributed by atoms with Gasteiger partial charge in [-0.2, -0.15) is 0 Å². The van der Waals surface area contributed by atoms with Gasteiger partial charge in [-0.1, -0.05) is 25.0 Å². The zero-order chi connectivity index (χ0) is 22.9. The highest BCUT2D eigenvalue weighted by atomic mass is 16.5. The van der Waals surface area contributed by atoms with Crippen LogP contribution in [0.25, 0.3) is 11.4 Å². The van der Waals surface area contributed by atoms with Gasteiger partial charge in [0, 0.05) is 7.05 Å². The molecule has 10 nitrogen and oxygen atoms in total. The summed E-state index contributed by atoms with van der Waals surface area (Å²) in [6.07, 6.45) is 6.81. The molecule has 0 saturated heterocycles. The normalized spacial score (nSPS) is 18.2. The summed E-state index contributed by atoms with van der Waals surface area (Å²) < 4.78 is 12.7. The number of hydrogen-bond donors (Lipinski definition) is 2. The number of aromatic nitrogens is 4. The van der Waals surface area contributed by atoms with Gasteiger partial charge < -0.3 is 19.9 Å². The molecule has 2 aromatic rings. The second kappa shape index (κ2) is 11.4. The maximum atomic E-state index is 11.9. The van der Waals surface area contributed by atoms with Gasteiger partial charge in [-0.15, -0.1) is 5.10 Å². The number of carbonyl (C=O) groups excluding carboxylic acids is 1. The molecule has 0 unspecified atom stereocenters. The van der Waals surface area contributed by atoms with Crippen molar-refractivity contribution in [1.82, 2.24) is 25.3 Å². The summed E-state index contributed by atoms with van der Waals surface area (Å²) in [5, 5.41) is 20.2. The second-order valence-corrected chi connectivity index (χ2v) is 8.03. The number of hydrogen-bond acceptors (Lipinski definition) is 7. The summed E-state index contributed by atoms with van der Waals surface area (Å²) in [6.45, 7) is 2.70. The zero-order valence-corrected chi connectivity index (χ0v) is 18.6. The molecule has 2 aromatic heterocycles. The average Bonchev–Trinajstić information content (AvgIpc) is 3.16. The number of ether oxygens (including phenoxy) is 2. The quantitative estimate of drug-likeness (QED) is 0.533. The van der Waals surface area contributed by atoms with E-state index in [1.54, 1.807) is 30.1 Å². The van der Waals surface area contributed by atoms with E-state index < -0.39 is 12.1 Å². The lowest BCUT2D eigenvalue weighted by atomic mass is 9.87. The Hall–Kier alpha value is -3.17. The van der Waals surface area contributed by atoms with E-state index in [1.165, 1.54) is 0 Å². The van der Waals surface area contributed by atoms with Crippen LogP contribution in [0.1, 0.15) is 57.6 Å². The van der Waals surface area contributed by atoms with Gasteiger partial charge in [0.2, 0.25) is 0 Å². The molecule has 2 atom stereocenters. The Morgan fingerprint density at radius 1 is 1.28 bits per heavy atom. The third kappa shape index (κ3) is 6.41. The number of pyridine rings is 1. The summed E-state index contributed by atoms with van der Waals surface area (Å²) in [5.74, 6) is -0.529. The lowest BCUT2D eigenvalue weighted by molar-refractivity contribution is -0.143. The van der Waals surface area contributed by atoms with E-state index in [0.29, 0.717) is 42.3 Å². The van der Waals surface area contributed by atoms with Crippen molar-refractivity contribution in [2.45, 2.75) is 64.5 Å². The van der Waals surface area contributed by atoms with Crippen molar-refractivity contribution in [3.63, 3.8) is 0 Å². The predicted octanol–water partition coefficient (Wildman–Crippen LogP) is 3.32. The molecular formula is C22H31N5O5. The topological polar surface area (TPSA) is 128 Å². The molecule has 1 saturated carbocycles. The fourth-order valence-electron chi connectivity index (χ4n) is 3.76. The van der Waals surface area contributed by atoms with Gasteiger partial charge in [0.15, 0.2) is 0 Å². The molecule has 1 amide bonds. The fraction of sp³-hybridized carbons (Fsp3) is 0.591. The number of unbranched alkanes of at least 4 members (excludes halogenated alkanes) is 2. The molecule has 0 radical (unpaired) electrons. The number of rotatable bonds is 10. The molecule has 0 aromatic carbocycles. The van der Waals surface area contributed by atoms with E-state index >= 15 is 0 Å². The number of nitrogens with zero attached hydrogens (tertiary/aromatic N) is 4. The van der Waals surface area contributed by atoms with E-state index in [0.717, 1.165) is 32.1 Å². The third-order valence-electron chi connectivity index (χ3n) is 5.58. The number of carbonyl (C=O) groups is 2. The van der Waals surface area contributed by atoms with Crippen LogP contribution in [0.4, 0.5) is 4.79 Å². The van der Waals surface area contributed by atoms with Gasteiger partial charge in [-0.3, -0.25) is 9.78 Å². The minimum absolute atomic E-state index is 0.128. The van der Waals surface area contributed by atoms with Crippen molar-refractivity contribution in [2.75, 3.05) is 6.61 Å². The lowest BCUT2D eigenvalue weighted by Crippen LogP contribution is -2.29. The molecule has 32 heavy (non-hydrogen) atoms.